The maximum Gasteiger partial charge on any atom is 0.303 e. The summed E-state index contributed by atoms with van der Waals surface area (Å²) in [4.78, 5) is 175. The van der Waals surface area contributed by atoms with Gasteiger partial charge in [0.25, 0.3) is 0 Å². The molecule has 19 N–H and O–H groups in total. The van der Waals surface area contributed by atoms with E-state index in [0.717, 1.165) is 6.42 Å². The van der Waals surface area contributed by atoms with Crippen LogP contribution < -0.4 is 70.4 Å². The standard InChI is InChI=1S/C55H92N16O14/c1-29(2)23-37-47(78)60-21-13-8-7-12-18-42(74)70-44(32(6)72)53(84)65-36(19-20-43(75)76)48(79)64-35(17-14-22-61-55(57)58)49(80)71-45(33-15-10-9-11-16-33)54(85)63-31(5)46(77)66-38(24-30(3)4)50(81)68-39(25-34-27-59-28-62-34)51(82)69-40(26-41(56)73)52(83)67-37/h27-33,35-40,44-45,72H,7-26H2,1-6H3,(H2,56,73)(H,59,62)(H,60,78)(H,63,85)(H,64,79)(H,65,84)(H,66,77)(H,67,83)(H,68,81)(H,69,82)(H,70,74)(H,71,80)(H,75,76)(H4,57,58,61)/t31-,32+,35-,36-,37-,38-,39-,40-,44-,45?/m0/s1. The number of amides is 11. The molecule has 0 aromatic carbocycles. The lowest BCUT2D eigenvalue weighted by Gasteiger charge is -2.32. The van der Waals surface area contributed by atoms with Crippen molar-refractivity contribution in [2.75, 3.05) is 13.1 Å². The molecule has 11 amide bonds. The fourth-order valence-corrected chi connectivity index (χ4v) is 9.84. The van der Waals surface area contributed by atoms with Crippen LogP contribution in [0.1, 0.15) is 156 Å². The van der Waals surface area contributed by atoms with Gasteiger partial charge in [0.2, 0.25) is 65.0 Å². The first kappa shape index (κ1) is 71.3. The first-order valence-electron chi connectivity index (χ1n) is 29.4. The summed E-state index contributed by atoms with van der Waals surface area (Å²) in [6.07, 6.45) is 4.16. The van der Waals surface area contributed by atoms with Gasteiger partial charge in [0.1, 0.15) is 54.4 Å². The Morgan fingerprint density at radius 2 is 1.14 bits per heavy atom. The SMILES string of the molecule is CC(C)C[C@@H]1NC(=O)[C@H](C)NC(=O)C(C2CCCCC2)NC(=O)[C@H](CCCN=C(N)N)NC(=O)[C@H](CCC(=O)O)NC(=O)[C@H]([C@@H](C)O)NC(=O)CCCCCCNC(=O)[C@H](CC(C)C)NC(=O)[C@H](CC(N)=O)NC(=O)[C@H](Cc2cnc[nH]2)NC1=O. The van der Waals surface area contributed by atoms with Crippen LogP contribution >= 0.6 is 0 Å². The van der Waals surface area contributed by atoms with Gasteiger partial charge in [-0.2, -0.15) is 0 Å². The summed E-state index contributed by atoms with van der Waals surface area (Å²) in [5.74, 6) is -11.8. The zero-order chi connectivity index (χ0) is 63.3. The highest BCUT2D eigenvalue weighted by Gasteiger charge is 2.38. The Bertz CT molecular complexity index is 2450. The molecule has 476 valence electrons. The minimum Gasteiger partial charge on any atom is -0.481 e. The molecule has 1 unspecified atom stereocenters. The molecule has 1 saturated carbocycles. The minimum absolute atomic E-state index is 0.00264. The van der Waals surface area contributed by atoms with Crippen LogP contribution in [0.25, 0.3) is 0 Å². The Balaban J connectivity index is 2.10. The molecule has 0 bridgehead atoms. The normalized spacial score (nSPS) is 25.8. The lowest BCUT2D eigenvalue weighted by Crippen LogP contribution is -2.61. The molecule has 1 aromatic heterocycles. The van der Waals surface area contributed by atoms with Gasteiger partial charge in [-0.3, -0.25) is 62.5 Å². The van der Waals surface area contributed by atoms with Gasteiger partial charge in [-0.15, -0.1) is 0 Å². The Kier molecular flexibility index (Phi) is 30.8. The third-order valence-corrected chi connectivity index (χ3v) is 14.4. The van der Waals surface area contributed by atoms with E-state index in [2.05, 4.69) is 68.1 Å². The average molecular weight is 1200 g/mol. The first-order valence-corrected chi connectivity index (χ1v) is 29.4. The Morgan fingerprint density at radius 3 is 1.74 bits per heavy atom. The molecule has 1 saturated heterocycles. The van der Waals surface area contributed by atoms with Crippen LogP contribution in [0.5, 0.6) is 0 Å². The average Bonchev–Trinajstić information content (AvgIpc) is 4.12. The topological polar surface area (TPSA) is 485 Å². The number of hydrogen-bond donors (Lipinski definition) is 16. The third kappa shape index (κ3) is 26.7. The maximum absolute atomic E-state index is 14.5. The van der Waals surface area contributed by atoms with E-state index in [-0.39, 0.29) is 69.4 Å². The Hall–Kier alpha value is -7.92. The molecule has 30 nitrogen and oxygen atoms in total. The van der Waals surface area contributed by atoms with E-state index in [4.69, 9.17) is 17.2 Å². The Morgan fingerprint density at radius 1 is 0.612 bits per heavy atom. The number of guanidine groups is 1. The maximum atomic E-state index is 14.5. The zero-order valence-electron chi connectivity index (χ0n) is 49.7. The van der Waals surface area contributed by atoms with Crippen molar-refractivity contribution in [3.05, 3.63) is 18.2 Å². The van der Waals surface area contributed by atoms with Crippen molar-refractivity contribution in [3.63, 3.8) is 0 Å². The van der Waals surface area contributed by atoms with Crippen LogP contribution in [-0.4, -0.2) is 171 Å². The molecular formula is C55H92N16O14. The molecule has 85 heavy (non-hydrogen) atoms. The smallest absolute Gasteiger partial charge is 0.303 e. The number of carboxylic acids is 1. The molecule has 10 atom stereocenters. The van der Waals surface area contributed by atoms with E-state index in [1.165, 1.54) is 26.4 Å². The summed E-state index contributed by atoms with van der Waals surface area (Å²) in [6, 6.07) is -12.9. The summed E-state index contributed by atoms with van der Waals surface area (Å²) < 4.78 is 0. The molecule has 1 aliphatic carbocycles. The third-order valence-electron chi connectivity index (χ3n) is 14.4. The largest absolute Gasteiger partial charge is 0.481 e. The number of aliphatic imine (C=N–C) groups is 1. The van der Waals surface area contributed by atoms with E-state index in [0.29, 0.717) is 57.1 Å². The lowest BCUT2D eigenvalue weighted by atomic mass is 9.83. The van der Waals surface area contributed by atoms with Crippen molar-refractivity contribution in [3.8, 4) is 0 Å². The van der Waals surface area contributed by atoms with Gasteiger partial charge in [0.05, 0.1) is 18.9 Å². The van der Waals surface area contributed by atoms with Crippen LogP contribution in [0.15, 0.2) is 17.5 Å². The van der Waals surface area contributed by atoms with E-state index in [1.807, 2.05) is 13.8 Å². The van der Waals surface area contributed by atoms with Gasteiger partial charge in [0, 0.05) is 44.2 Å². The number of imidazole rings is 1. The van der Waals surface area contributed by atoms with Gasteiger partial charge < -0.3 is 85.6 Å². The van der Waals surface area contributed by atoms with Crippen LogP contribution in [0.3, 0.4) is 0 Å². The highest BCUT2D eigenvalue weighted by Crippen LogP contribution is 2.27. The number of carboxylic acid groups (broad SMARTS) is 1. The molecule has 1 aromatic rings. The second-order valence-corrected chi connectivity index (χ2v) is 22.8. The van der Waals surface area contributed by atoms with Crippen LogP contribution in [0, 0.1) is 17.8 Å². The van der Waals surface area contributed by atoms with E-state index >= 15 is 0 Å². The van der Waals surface area contributed by atoms with Crippen LogP contribution in [-0.2, 0) is 64.0 Å². The van der Waals surface area contributed by atoms with Crippen molar-refractivity contribution >= 4 is 76.9 Å². The van der Waals surface area contributed by atoms with Crippen molar-refractivity contribution in [1.82, 2.24) is 63.1 Å². The number of aliphatic hydroxyl groups excluding tert-OH is 1. The number of aromatic nitrogens is 2. The van der Waals surface area contributed by atoms with E-state index in [1.54, 1.807) is 13.8 Å². The monoisotopic (exact) mass is 1200 g/mol. The van der Waals surface area contributed by atoms with Crippen LogP contribution in [0.4, 0.5) is 0 Å². The number of hydrogen-bond acceptors (Lipinski definition) is 15. The van der Waals surface area contributed by atoms with Crippen molar-refractivity contribution < 1.29 is 67.7 Å². The molecule has 0 spiro atoms. The van der Waals surface area contributed by atoms with Crippen molar-refractivity contribution in [2.45, 2.75) is 218 Å². The number of rotatable bonds is 17. The molecule has 1 aliphatic heterocycles. The van der Waals surface area contributed by atoms with Crippen LogP contribution in [0.2, 0.25) is 0 Å². The zero-order valence-corrected chi connectivity index (χ0v) is 49.7. The highest BCUT2D eigenvalue weighted by atomic mass is 16.4. The molecule has 0 radical (unpaired) electrons. The number of nitrogens with two attached hydrogens (primary N) is 3. The molecule has 2 aliphatic rings. The van der Waals surface area contributed by atoms with E-state index < -0.39 is 157 Å². The molecule has 2 fully saturated rings. The van der Waals surface area contributed by atoms with Gasteiger partial charge in [-0.25, -0.2) is 4.98 Å². The number of H-pyrrole nitrogens is 1. The first-order chi connectivity index (χ1) is 40.1. The van der Waals surface area contributed by atoms with Gasteiger partial charge in [-0.1, -0.05) is 59.8 Å². The summed E-state index contributed by atoms with van der Waals surface area (Å²) >= 11 is 0. The predicted octanol–water partition coefficient (Wildman–Crippen LogP) is -2.74. The fraction of sp³-hybridized carbons (Fsp3) is 0.709. The second-order valence-electron chi connectivity index (χ2n) is 22.8. The number of nitrogens with one attached hydrogen (secondary N) is 11. The summed E-state index contributed by atoms with van der Waals surface area (Å²) in [7, 11) is 0. The van der Waals surface area contributed by atoms with E-state index in [9.17, 15) is 67.7 Å². The van der Waals surface area contributed by atoms with Crippen molar-refractivity contribution in [1.29, 1.82) is 0 Å². The number of aromatic amines is 1. The minimum atomic E-state index is -1.63. The predicted molar refractivity (Wildman–Crippen MR) is 309 cm³/mol. The van der Waals surface area contributed by atoms with Gasteiger partial charge >= 0.3 is 5.97 Å². The fourth-order valence-electron chi connectivity index (χ4n) is 9.84. The number of carbonyl (C=O) groups is 12. The Labute approximate surface area is 495 Å². The quantitative estimate of drug-likeness (QED) is 0.0428. The van der Waals surface area contributed by atoms with Gasteiger partial charge in [-0.05, 0) is 89.4 Å². The molecule has 30 heteroatoms. The molecular weight excluding hydrogens is 1110 g/mol. The highest BCUT2D eigenvalue weighted by molar-refractivity contribution is 5.99. The van der Waals surface area contributed by atoms with Gasteiger partial charge in [0.15, 0.2) is 5.96 Å². The summed E-state index contributed by atoms with van der Waals surface area (Å²) in [5.41, 5.74) is 17.0. The number of aliphatic hydroxyl groups is 1. The lowest BCUT2D eigenvalue weighted by molar-refractivity contribution is -0.139. The van der Waals surface area contributed by atoms with Crippen molar-refractivity contribution in [2.24, 2.45) is 39.9 Å². The number of carbonyl (C=O) groups excluding carboxylic acids is 11. The second kappa shape index (κ2) is 36.7. The molecule has 2 heterocycles. The number of nitrogens with zero attached hydrogens (tertiary/aromatic N) is 2. The summed E-state index contributed by atoms with van der Waals surface area (Å²) in [6.45, 7) is 9.93. The molecule has 3 rings (SSSR count). The number of aliphatic carboxylic acids is 1. The summed E-state index contributed by atoms with van der Waals surface area (Å²) in [5, 5.41) is 46.4. The number of primary amides is 1.